The summed E-state index contributed by atoms with van der Waals surface area (Å²) >= 11 is 0. The fourth-order valence-corrected chi connectivity index (χ4v) is 3.54. The molecule has 0 atom stereocenters. The normalized spacial score (nSPS) is 11.5. The monoisotopic (exact) mass is 475 g/mol. The van der Waals surface area contributed by atoms with Gasteiger partial charge in [-0.15, -0.1) is 4.57 Å². The van der Waals surface area contributed by atoms with Crippen LogP contribution in [-0.2, 0) is 16.8 Å². The number of carbonyl (C=O) groups excluding carboxylic acids is 1. The van der Waals surface area contributed by atoms with Crippen molar-refractivity contribution >= 4 is 17.2 Å². The molecule has 1 N–H and O–H groups in total. The summed E-state index contributed by atoms with van der Waals surface area (Å²) in [5.41, 5.74) is 3.24. The molecule has 0 radical (unpaired) electrons. The number of hydrogen-bond acceptors (Lipinski definition) is 6. The smallest absolute Gasteiger partial charge is 0.287 e. The number of anilines is 1. The molecule has 2 aromatic carbocycles. The molecule has 2 heterocycles. The van der Waals surface area contributed by atoms with Crippen LogP contribution >= 0.6 is 0 Å². The summed E-state index contributed by atoms with van der Waals surface area (Å²) < 4.78 is 18.0. The van der Waals surface area contributed by atoms with Gasteiger partial charge < -0.3 is 19.3 Å². The highest BCUT2D eigenvalue weighted by molar-refractivity contribution is 5.93. The van der Waals surface area contributed by atoms with Crippen LogP contribution in [0.15, 0.2) is 63.9 Å². The zero-order chi connectivity index (χ0) is 25.2. The number of nitrogens with one attached hydrogen (secondary N) is 1. The molecule has 0 aliphatic heterocycles. The van der Waals surface area contributed by atoms with E-state index in [1.165, 1.54) is 11.6 Å². The Bertz CT molecular complexity index is 1410. The minimum absolute atomic E-state index is 0.0462. The van der Waals surface area contributed by atoms with Gasteiger partial charge in [-0.25, -0.2) is 4.98 Å². The predicted octanol–water partition coefficient (Wildman–Crippen LogP) is 4.80. The Morgan fingerprint density at radius 2 is 1.77 bits per heavy atom. The van der Waals surface area contributed by atoms with Gasteiger partial charge in [0.15, 0.2) is 12.3 Å². The first-order valence-electron chi connectivity index (χ1n) is 11.3. The molecule has 0 fully saturated rings. The Morgan fingerprint density at radius 1 is 1.03 bits per heavy atom. The van der Waals surface area contributed by atoms with Gasteiger partial charge in [-0.05, 0) is 54.7 Å². The number of hydrogen-bond donors (Lipinski definition) is 1. The molecule has 2 aromatic heterocycles. The van der Waals surface area contributed by atoms with E-state index in [4.69, 9.17) is 14.0 Å². The van der Waals surface area contributed by atoms with E-state index in [0.29, 0.717) is 34.3 Å². The van der Waals surface area contributed by atoms with Crippen molar-refractivity contribution in [3.05, 3.63) is 87.5 Å². The van der Waals surface area contributed by atoms with Crippen molar-refractivity contribution in [1.29, 1.82) is 0 Å². The fraction of sp³-hybridized carbons (Fsp3) is 0.296. The van der Waals surface area contributed by atoms with E-state index in [9.17, 15) is 9.59 Å². The Morgan fingerprint density at radius 3 is 2.49 bits per heavy atom. The Hall–Kier alpha value is -4.07. The second-order valence-corrected chi connectivity index (χ2v) is 9.48. The third-order valence-corrected chi connectivity index (χ3v) is 5.40. The van der Waals surface area contributed by atoms with Crippen LogP contribution in [0.4, 0.5) is 5.69 Å². The summed E-state index contributed by atoms with van der Waals surface area (Å²) in [6, 6.07) is 16.2. The van der Waals surface area contributed by atoms with Gasteiger partial charge in [-0.3, -0.25) is 9.59 Å². The van der Waals surface area contributed by atoms with Gasteiger partial charge in [-0.1, -0.05) is 39.0 Å². The number of benzene rings is 2. The van der Waals surface area contributed by atoms with E-state index in [1.54, 1.807) is 19.1 Å². The summed E-state index contributed by atoms with van der Waals surface area (Å²) in [5, 5.41) is 2.83. The molecule has 0 saturated carbocycles. The average Bonchev–Trinajstić information content (AvgIpc) is 3.18. The van der Waals surface area contributed by atoms with E-state index in [1.807, 2.05) is 43.3 Å². The lowest BCUT2D eigenvalue weighted by molar-refractivity contribution is -0.118. The van der Waals surface area contributed by atoms with Crippen molar-refractivity contribution in [2.75, 3.05) is 11.9 Å². The lowest BCUT2D eigenvalue weighted by Gasteiger charge is -2.19. The van der Waals surface area contributed by atoms with E-state index < -0.39 is 0 Å². The number of fused-ring (bicyclic) bond motifs is 1. The highest BCUT2D eigenvalue weighted by Gasteiger charge is 2.14. The Labute approximate surface area is 203 Å². The lowest BCUT2D eigenvalue weighted by atomic mass is 9.87. The molecule has 1 amide bonds. The second-order valence-electron chi connectivity index (χ2n) is 9.48. The maximum atomic E-state index is 12.6. The number of carbonyl (C=O) groups is 1. The zero-order valence-electron chi connectivity index (χ0n) is 20.5. The van der Waals surface area contributed by atoms with Crippen LogP contribution in [0.5, 0.6) is 11.5 Å². The molecule has 0 saturated heterocycles. The van der Waals surface area contributed by atoms with Crippen molar-refractivity contribution in [3.63, 3.8) is 0 Å². The van der Waals surface area contributed by atoms with Crippen molar-refractivity contribution in [2.24, 2.45) is 0 Å². The third kappa shape index (κ3) is 5.90. The molecule has 4 rings (SSSR count). The standard InChI is InChI=1S/C27H29N3O5/c1-17-6-11-22(29-25(31)16-33-21-9-7-19(8-10-21)27(3,4)5)23(12-17)34-15-20-14-26(32)30-24(28-20)13-18(2)35-30/h6-14H,15-16H2,1-5H3,(H,29,31). The zero-order valence-corrected chi connectivity index (χ0v) is 20.5. The van der Waals surface area contributed by atoms with Crippen LogP contribution in [-0.4, -0.2) is 22.1 Å². The summed E-state index contributed by atoms with van der Waals surface area (Å²) in [7, 11) is 0. The topological polar surface area (TPSA) is 95.1 Å². The van der Waals surface area contributed by atoms with Gasteiger partial charge in [0.25, 0.3) is 11.5 Å². The average molecular weight is 476 g/mol. The molecule has 0 aliphatic carbocycles. The Balaban J connectivity index is 1.41. The maximum absolute atomic E-state index is 12.6. The van der Waals surface area contributed by atoms with Gasteiger partial charge in [0.1, 0.15) is 23.9 Å². The van der Waals surface area contributed by atoms with Gasteiger partial charge >= 0.3 is 0 Å². The summed E-state index contributed by atoms with van der Waals surface area (Å²) in [6.45, 7) is 10.0. The molecular weight excluding hydrogens is 446 g/mol. The highest BCUT2D eigenvalue weighted by Crippen LogP contribution is 2.27. The quantitative estimate of drug-likeness (QED) is 0.413. The minimum Gasteiger partial charge on any atom is -0.485 e. The van der Waals surface area contributed by atoms with Gasteiger partial charge in [0, 0.05) is 12.1 Å². The van der Waals surface area contributed by atoms with E-state index >= 15 is 0 Å². The molecule has 35 heavy (non-hydrogen) atoms. The highest BCUT2D eigenvalue weighted by atomic mass is 16.5. The number of aryl methyl sites for hydroxylation is 2. The van der Waals surface area contributed by atoms with Crippen molar-refractivity contribution < 1.29 is 18.8 Å². The van der Waals surface area contributed by atoms with Crippen molar-refractivity contribution in [1.82, 2.24) is 9.56 Å². The molecule has 8 heteroatoms. The molecule has 8 nitrogen and oxygen atoms in total. The Kier molecular flexibility index (Phi) is 6.64. The molecule has 4 aromatic rings. The first-order valence-corrected chi connectivity index (χ1v) is 11.3. The number of nitrogens with zero attached hydrogens (tertiary/aromatic N) is 2. The maximum Gasteiger partial charge on any atom is 0.287 e. The first kappa shape index (κ1) is 24.1. The minimum atomic E-state index is -0.327. The molecular formula is C27H29N3O5. The molecule has 0 bridgehead atoms. The lowest BCUT2D eigenvalue weighted by Crippen LogP contribution is -2.21. The van der Waals surface area contributed by atoms with Crippen molar-refractivity contribution in [2.45, 2.75) is 46.6 Å². The van der Waals surface area contributed by atoms with Gasteiger partial charge in [0.2, 0.25) is 0 Å². The SMILES string of the molecule is Cc1ccc(NC(=O)COc2ccc(C(C)(C)C)cc2)c(OCc2cc(=O)n3oc(C)cc3n2)c1. The third-order valence-electron chi connectivity index (χ3n) is 5.40. The summed E-state index contributed by atoms with van der Waals surface area (Å²) in [5.74, 6) is 1.36. The number of ether oxygens (including phenoxy) is 2. The molecule has 0 spiro atoms. The molecule has 0 unspecified atom stereocenters. The summed E-state index contributed by atoms with van der Waals surface area (Å²) in [6.07, 6.45) is 0. The number of amides is 1. The summed E-state index contributed by atoms with van der Waals surface area (Å²) in [4.78, 5) is 29.2. The van der Waals surface area contributed by atoms with E-state index in [-0.39, 0.29) is 30.1 Å². The molecule has 0 aliphatic rings. The first-order chi connectivity index (χ1) is 16.6. The van der Waals surface area contributed by atoms with Crippen LogP contribution < -0.4 is 20.3 Å². The van der Waals surface area contributed by atoms with Gasteiger partial charge in [-0.2, -0.15) is 0 Å². The molecule has 182 valence electrons. The van der Waals surface area contributed by atoms with E-state index in [0.717, 1.165) is 10.1 Å². The largest absolute Gasteiger partial charge is 0.485 e. The van der Waals surface area contributed by atoms with Crippen LogP contribution in [0.25, 0.3) is 5.65 Å². The van der Waals surface area contributed by atoms with Gasteiger partial charge in [0.05, 0.1) is 11.4 Å². The van der Waals surface area contributed by atoms with Crippen LogP contribution in [0, 0.1) is 13.8 Å². The van der Waals surface area contributed by atoms with E-state index in [2.05, 4.69) is 31.1 Å². The van der Waals surface area contributed by atoms with Crippen LogP contribution in [0.3, 0.4) is 0 Å². The predicted molar refractivity (Wildman–Crippen MR) is 133 cm³/mol. The fourth-order valence-electron chi connectivity index (χ4n) is 3.54. The number of rotatable bonds is 7. The second kappa shape index (κ2) is 9.66. The number of aromatic nitrogens is 2. The van der Waals surface area contributed by atoms with Crippen LogP contribution in [0.2, 0.25) is 0 Å². The van der Waals surface area contributed by atoms with Crippen LogP contribution in [0.1, 0.15) is 43.4 Å². The van der Waals surface area contributed by atoms with Crippen molar-refractivity contribution in [3.8, 4) is 11.5 Å².